The lowest BCUT2D eigenvalue weighted by Gasteiger charge is -2.42. The van der Waals surface area contributed by atoms with Crippen molar-refractivity contribution in [2.75, 3.05) is 0 Å². The predicted molar refractivity (Wildman–Crippen MR) is 60.4 cm³/mol. The summed E-state index contributed by atoms with van der Waals surface area (Å²) < 4.78 is 15.6. The summed E-state index contributed by atoms with van der Waals surface area (Å²) >= 11 is 0. The van der Waals surface area contributed by atoms with Crippen molar-refractivity contribution in [1.82, 2.24) is 0 Å². The van der Waals surface area contributed by atoms with Crippen molar-refractivity contribution in [3.8, 4) is 0 Å². The minimum Gasteiger partial charge on any atom is -0.462 e. The number of hydrogen-bond acceptors (Lipinski definition) is 6. The first-order valence-electron chi connectivity index (χ1n) is 5.76. The molecule has 1 fully saturated rings. The highest BCUT2D eigenvalue weighted by molar-refractivity contribution is 5.67. The lowest BCUT2D eigenvalue weighted by atomic mass is 9.88. The number of hydrogen-bond donors (Lipinski definition) is 0. The van der Waals surface area contributed by atoms with Crippen LogP contribution in [0.4, 0.5) is 0 Å². The third-order valence-corrected chi connectivity index (χ3v) is 2.86. The van der Waals surface area contributed by atoms with Crippen molar-refractivity contribution in [1.29, 1.82) is 0 Å². The lowest BCUT2D eigenvalue weighted by molar-refractivity contribution is -0.259. The molecule has 0 aliphatic carbocycles. The average Bonchev–Trinajstić information content (AvgIpc) is 2.23. The highest BCUT2D eigenvalue weighted by atomic mass is 16.7. The minimum absolute atomic E-state index is 0.245. The molecule has 1 rings (SSSR count). The molecule has 4 atom stereocenters. The first-order chi connectivity index (χ1) is 8.27. The zero-order valence-corrected chi connectivity index (χ0v) is 11.0. The topological polar surface area (TPSA) is 78.9 Å². The molecular weight excluding hydrogens is 240 g/mol. The maximum absolute atomic E-state index is 11.0. The minimum atomic E-state index is -1.12. The number of esters is 2. The maximum Gasteiger partial charge on any atom is 0.304 e. The molecule has 1 aliphatic rings. The van der Waals surface area contributed by atoms with E-state index in [1.54, 1.807) is 13.8 Å². The molecule has 18 heavy (non-hydrogen) atoms. The zero-order valence-electron chi connectivity index (χ0n) is 11.0. The van der Waals surface area contributed by atoms with E-state index in [9.17, 15) is 14.4 Å². The molecule has 102 valence electrons. The van der Waals surface area contributed by atoms with E-state index in [-0.39, 0.29) is 12.3 Å². The summed E-state index contributed by atoms with van der Waals surface area (Å²) in [6.45, 7) is 5.86. The van der Waals surface area contributed by atoms with Gasteiger partial charge in [0.25, 0.3) is 0 Å². The van der Waals surface area contributed by atoms with Crippen molar-refractivity contribution in [2.45, 2.75) is 52.1 Å². The van der Waals surface area contributed by atoms with Gasteiger partial charge in [-0.2, -0.15) is 0 Å². The summed E-state index contributed by atoms with van der Waals surface area (Å²) in [5.41, 5.74) is -1.12. The van der Waals surface area contributed by atoms with Crippen LogP contribution < -0.4 is 0 Å². The molecule has 0 saturated carbocycles. The molecule has 1 heterocycles. The van der Waals surface area contributed by atoms with Gasteiger partial charge in [-0.25, -0.2) is 0 Å². The van der Waals surface area contributed by atoms with Gasteiger partial charge in [-0.3, -0.25) is 9.59 Å². The fourth-order valence-electron chi connectivity index (χ4n) is 1.91. The first-order valence-corrected chi connectivity index (χ1v) is 5.76. The van der Waals surface area contributed by atoms with Crippen molar-refractivity contribution < 1.29 is 28.6 Å². The molecule has 1 aliphatic heterocycles. The largest absolute Gasteiger partial charge is 0.462 e. The Balaban J connectivity index is 2.88. The Labute approximate surface area is 106 Å². The van der Waals surface area contributed by atoms with Crippen LogP contribution in [0, 0.1) is 5.92 Å². The summed E-state index contributed by atoms with van der Waals surface area (Å²) in [6, 6.07) is 0. The van der Waals surface area contributed by atoms with E-state index in [0.717, 1.165) is 0 Å². The van der Waals surface area contributed by atoms with Gasteiger partial charge in [0.05, 0.1) is 5.92 Å². The average molecular weight is 258 g/mol. The van der Waals surface area contributed by atoms with Gasteiger partial charge < -0.3 is 19.0 Å². The van der Waals surface area contributed by atoms with Gasteiger partial charge in [0.1, 0.15) is 11.7 Å². The molecule has 0 aromatic carbocycles. The standard InChI is InChI=1S/C12H18O6/c1-7-10(16-8(2)14)5-12(4,6-13)18-11(7)17-9(3)15/h6-7,10-11H,5H2,1-4H3/t7-,10-,11+,12-/m1/s1. The van der Waals surface area contributed by atoms with Crippen LogP contribution in [-0.2, 0) is 28.6 Å². The summed E-state index contributed by atoms with van der Waals surface area (Å²) in [6.07, 6.45) is -0.535. The Morgan fingerprint density at radius 3 is 2.28 bits per heavy atom. The highest BCUT2D eigenvalue weighted by Gasteiger charge is 2.45. The number of carbonyl (C=O) groups excluding carboxylic acids is 3. The molecule has 0 amide bonds. The highest BCUT2D eigenvalue weighted by Crippen LogP contribution is 2.34. The van der Waals surface area contributed by atoms with Gasteiger partial charge in [0.2, 0.25) is 6.29 Å². The second kappa shape index (κ2) is 5.48. The van der Waals surface area contributed by atoms with Crippen molar-refractivity contribution in [3.05, 3.63) is 0 Å². The zero-order chi connectivity index (χ0) is 13.9. The van der Waals surface area contributed by atoms with Crippen LogP contribution in [0.1, 0.15) is 34.1 Å². The molecule has 0 N–H and O–H groups in total. The second-order valence-electron chi connectivity index (χ2n) is 4.74. The first kappa shape index (κ1) is 14.6. The van der Waals surface area contributed by atoms with Crippen LogP contribution in [0.15, 0.2) is 0 Å². The molecule has 6 nitrogen and oxygen atoms in total. The number of ether oxygens (including phenoxy) is 3. The van der Waals surface area contributed by atoms with Gasteiger partial charge in [0, 0.05) is 20.3 Å². The van der Waals surface area contributed by atoms with E-state index in [2.05, 4.69) is 0 Å². The van der Waals surface area contributed by atoms with Gasteiger partial charge in [-0.15, -0.1) is 0 Å². The van der Waals surface area contributed by atoms with Crippen LogP contribution in [-0.4, -0.2) is 36.2 Å². The van der Waals surface area contributed by atoms with Crippen LogP contribution in [0.3, 0.4) is 0 Å². The number of carbonyl (C=O) groups is 3. The molecule has 0 radical (unpaired) electrons. The normalized spacial score (nSPS) is 35.7. The van der Waals surface area contributed by atoms with Crippen LogP contribution in [0.25, 0.3) is 0 Å². The van der Waals surface area contributed by atoms with E-state index < -0.39 is 29.9 Å². The summed E-state index contributed by atoms with van der Waals surface area (Å²) in [4.78, 5) is 33.1. The fraction of sp³-hybridized carbons (Fsp3) is 0.750. The second-order valence-corrected chi connectivity index (χ2v) is 4.74. The predicted octanol–water partition coefficient (Wildman–Crippen LogP) is 0.821. The monoisotopic (exact) mass is 258 g/mol. The quantitative estimate of drug-likeness (QED) is 0.551. The van der Waals surface area contributed by atoms with Crippen LogP contribution >= 0.6 is 0 Å². The lowest BCUT2D eigenvalue weighted by Crippen LogP contribution is -2.52. The van der Waals surface area contributed by atoms with E-state index in [1.165, 1.54) is 13.8 Å². The Bertz CT molecular complexity index is 324. The number of rotatable bonds is 3. The molecule has 0 unspecified atom stereocenters. The molecular formula is C12H18O6. The van der Waals surface area contributed by atoms with Gasteiger partial charge in [-0.1, -0.05) is 6.92 Å². The smallest absolute Gasteiger partial charge is 0.304 e. The maximum atomic E-state index is 11.0. The Hall–Kier alpha value is -1.43. The van der Waals surface area contributed by atoms with Crippen LogP contribution in [0.5, 0.6) is 0 Å². The van der Waals surface area contributed by atoms with Crippen LogP contribution in [0.2, 0.25) is 0 Å². The van der Waals surface area contributed by atoms with Gasteiger partial charge in [0.15, 0.2) is 6.29 Å². The van der Waals surface area contributed by atoms with Gasteiger partial charge in [-0.05, 0) is 6.92 Å². The molecule has 0 bridgehead atoms. The van der Waals surface area contributed by atoms with Crippen molar-refractivity contribution in [3.63, 3.8) is 0 Å². The summed E-state index contributed by atoms with van der Waals surface area (Å²) in [5, 5.41) is 0. The third kappa shape index (κ3) is 3.53. The summed E-state index contributed by atoms with van der Waals surface area (Å²) in [7, 11) is 0. The molecule has 6 heteroatoms. The molecule has 0 aromatic rings. The van der Waals surface area contributed by atoms with E-state index in [1.807, 2.05) is 0 Å². The van der Waals surface area contributed by atoms with E-state index >= 15 is 0 Å². The van der Waals surface area contributed by atoms with E-state index in [0.29, 0.717) is 6.29 Å². The Morgan fingerprint density at radius 1 is 1.28 bits per heavy atom. The third-order valence-electron chi connectivity index (χ3n) is 2.86. The Morgan fingerprint density at radius 2 is 1.83 bits per heavy atom. The van der Waals surface area contributed by atoms with E-state index in [4.69, 9.17) is 14.2 Å². The van der Waals surface area contributed by atoms with Crippen molar-refractivity contribution >= 4 is 18.2 Å². The Kier molecular flexibility index (Phi) is 4.45. The SMILES string of the molecule is CC(=O)O[C@H]1O[C@@](C)(C=O)C[C@@H](OC(C)=O)[C@H]1C. The van der Waals surface area contributed by atoms with Crippen molar-refractivity contribution in [2.24, 2.45) is 5.92 Å². The molecule has 0 aromatic heterocycles. The number of aldehydes is 1. The van der Waals surface area contributed by atoms with Gasteiger partial charge >= 0.3 is 11.9 Å². The fourth-order valence-corrected chi connectivity index (χ4v) is 1.91. The molecule has 1 saturated heterocycles. The summed E-state index contributed by atoms with van der Waals surface area (Å²) in [5.74, 6) is -1.28. The molecule has 0 spiro atoms.